The normalized spacial score (nSPS) is 11.1. The zero-order valence-corrected chi connectivity index (χ0v) is 11.9. The first-order valence-corrected chi connectivity index (χ1v) is 7.49. The van der Waals surface area contributed by atoms with Crippen molar-refractivity contribution < 1.29 is 17.9 Å². The predicted octanol–water partition coefficient (Wildman–Crippen LogP) is 0.892. The van der Waals surface area contributed by atoms with Gasteiger partial charge in [0.1, 0.15) is 10.6 Å². The number of nitrogens with two attached hydrogens (primary N) is 1. The molecule has 0 saturated carbocycles. The molecule has 0 aliphatic rings. The number of nitrogens with one attached hydrogen (secondary N) is 1. The summed E-state index contributed by atoms with van der Waals surface area (Å²) < 4.78 is 28.0. The summed E-state index contributed by atoms with van der Waals surface area (Å²) in [6.07, 6.45) is 0.126. The summed E-state index contributed by atoms with van der Waals surface area (Å²) in [5.41, 5.74) is 0. The van der Waals surface area contributed by atoms with Crippen molar-refractivity contribution >= 4 is 27.5 Å². The van der Waals surface area contributed by atoms with Gasteiger partial charge in [-0.25, -0.2) is 13.6 Å². The molecule has 0 fully saturated rings. The van der Waals surface area contributed by atoms with Crippen molar-refractivity contribution in [3.05, 3.63) is 23.2 Å². The van der Waals surface area contributed by atoms with E-state index in [4.69, 9.17) is 21.5 Å². The summed E-state index contributed by atoms with van der Waals surface area (Å²) in [5.74, 6) is -0.0928. The van der Waals surface area contributed by atoms with Gasteiger partial charge in [0.15, 0.2) is 0 Å². The Balaban J connectivity index is 2.76. The van der Waals surface area contributed by atoms with Crippen molar-refractivity contribution in [1.29, 1.82) is 0 Å². The second kappa shape index (κ2) is 6.74. The Kier molecular flexibility index (Phi) is 5.59. The van der Waals surface area contributed by atoms with Crippen LogP contribution in [0.25, 0.3) is 0 Å². The Labute approximate surface area is 116 Å². The van der Waals surface area contributed by atoms with Crippen LogP contribution < -0.4 is 15.2 Å². The number of carbonyl (C=O) groups excluding carboxylic acids is 1. The first-order chi connectivity index (χ1) is 8.84. The van der Waals surface area contributed by atoms with E-state index in [0.29, 0.717) is 6.54 Å². The Morgan fingerprint density at radius 2 is 2.16 bits per heavy atom. The zero-order chi connectivity index (χ0) is 14.5. The van der Waals surface area contributed by atoms with E-state index in [1.54, 1.807) is 6.92 Å². The van der Waals surface area contributed by atoms with Crippen LogP contribution in [0.5, 0.6) is 5.75 Å². The summed E-state index contributed by atoms with van der Waals surface area (Å²) in [4.78, 5) is 11.0. The maximum atomic E-state index is 11.4. The molecule has 3 N–H and O–H groups in total. The van der Waals surface area contributed by atoms with Gasteiger partial charge in [-0.3, -0.25) is 4.79 Å². The van der Waals surface area contributed by atoms with Crippen molar-refractivity contribution in [2.75, 3.05) is 13.2 Å². The fourth-order valence-corrected chi connectivity index (χ4v) is 2.30. The second-order valence-corrected chi connectivity index (χ2v) is 5.65. The van der Waals surface area contributed by atoms with Crippen LogP contribution in [0, 0.1) is 0 Å². The van der Waals surface area contributed by atoms with Crippen molar-refractivity contribution in [3.63, 3.8) is 0 Å². The SMILES string of the molecule is CCNC(=O)CCOc1ccc(Cl)cc1S(N)(=O)=O. The first kappa shape index (κ1) is 15.7. The minimum absolute atomic E-state index is 0.0516. The molecule has 0 unspecified atom stereocenters. The lowest BCUT2D eigenvalue weighted by molar-refractivity contribution is -0.121. The Morgan fingerprint density at radius 1 is 1.47 bits per heavy atom. The molecular formula is C11H15ClN2O4S. The van der Waals surface area contributed by atoms with Crippen LogP contribution in [0.4, 0.5) is 0 Å². The molecule has 1 aromatic rings. The number of carbonyl (C=O) groups is 1. The van der Waals surface area contributed by atoms with Crippen molar-refractivity contribution in [2.45, 2.75) is 18.2 Å². The van der Waals surface area contributed by atoms with E-state index < -0.39 is 10.0 Å². The molecule has 0 spiro atoms. The third-order valence-electron chi connectivity index (χ3n) is 2.17. The summed E-state index contributed by atoms with van der Waals surface area (Å²) >= 11 is 5.71. The molecule has 1 amide bonds. The number of hydrogen-bond acceptors (Lipinski definition) is 4. The van der Waals surface area contributed by atoms with E-state index in [9.17, 15) is 13.2 Å². The molecule has 0 heterocycles. The standard InChI is InChI=1S/C11H15ClN2O4S/c1-2-14-11(15)5-6-18-9-4-3-8(12)7-10(9)19(13,16)17/h3-4,7H,2,5-6H2,1H3,(H,14,15)(H2,13,16,17). The molecule has 1 rings (SSSR count). The summed E-state index contributed by atoms with van der Waals surface area (Å²) in [7, 11) is -3.93. The lowest BCUT2D eigenvalue weighted by atomic mass is 10.3. The molecule has 0 aromatic heterocycles. The third kappa shape index (κ3) is 5.06. The molecule has 0 saturated heterocycles. The minimum atomic E-state index is -3.93. The van der Waals surface area contributed by atoms with E-state index in [2.05, 4.69) is 5.32 Å². The first-order valence-electron chi connectivity index (χ1n) is 5.56. The molecule has 0 aliphatic carbocycles. The summed E-state index contributed by atoms with van der Waals surface area (Å²) in [6, 6.07) is 4.09. The molecule has 8 heteroatoms. The van der Waals surface area contributed by atoms with Gasteiger partial charge >= 0.3 is 0 Å². The average molecular weight is 307 g/mol. The van der Waals surface area contributed by atoms with Crippen LogP contribution in [-0.4, -0.2) is 27.5 Å². The molecule has 0 radical (unpaired) electrons. The Hall–Kier alpha value is -1.31. The summed E-state index contributed by atoms with van der Waals surface area (Å²) in [5, 5.41) is 7.90. The van der Waals surface area contributed by atoms with Crippen molar-refractivity contribution in [3.8, 4) is 5.75 Å². The molecule has 1 aromatic carbocycles. The summed E-state index contributed by atoms with van der Waals surface area (Å²) in [6.45, 7) is 2.38. The predicted molar refractivity (Wildman–Crippen MR) is 71.6 cm³/mol. The minimum Gasteiger partial charge on any atom is -0.492 e. The van der Waals surface area contributed by atoms with Gasteiger partial charge in [-0.15, -0.1) is 0 Å². The molecule has 19 heavy (non-hydrogen) atoms. The van der Waals surface area contributed by atoms with Crippen LogP contribution in [0.1, 0.15) is 13.3 Å². The largest absolute Gasteiger partial charge is 0.492 e. The van der Waals surface area contributed by atoms with Crippen molar-refractivity contribution in [2.24, 2.45) is 5.14 Å². The number of sulfonamides is 1. The van der Waals surface area contributed by atoms with Crippen LogP contribution >= 0.6 is 11.6 Å². The fraction of sp³-hybridized carbons (Fsp3) is 0.364. The third-order valence-corrected chi connectivity index (χ3v) is 3.34. The van der Waals surface area contributed by atoms with E-state index in [1.807, 2.05) is 0 Å². The van der Waals surface area contributed by atoms with Gasteiger partial charge < -0.3 is 10.1 Å². The number of ether oxygens (including phenoxy) is 1. The van der Waals surface area contributed by atoms with Crippen LogP contribution in [0.15, 0.2) is 23.1 Å². The number of hydrogen-bond donors (Lipinski definition) is 2. The lowest BCUT2D eigenvalue weighted by Crippen LogP contribution is -2.24. The van der Waals surface area contributed by atoms with Gasteiger partial charge in [-0.2, -0.15) is 0 Å². The highest BCUT2D eigenvalue weighted by atomic mass is 35.5. The van der Waals surface area contributed by atoms with Crippen LogP contribution in [0.3, 0.4) is 0 Å². The number of halogens is 1. The van der Waals surface area contributed by atoms with Gasteiger partial charge in [-0.1, -0.05) is 11.6 Å². The molecule has 0 atom stereocenters. The highest BCUT2D eigenvalue weighted by Crippen LogP contribution is 2.26. The number of primary sulfonamides is 1. The van der Waals surface area contributed by atoms with E-state index in [-0.39, 0.29) is 34.6 Å². The average Bonchev–Trinajstić information content (AvgIpc) is 2.30. The smallest absolute Gasteiger partial charge is 0.241 e. The highest BCUT2D eigenvalue weighted by molar-refractivity contribution is 7.89. The number of benzene rings is 1. The van der Waals surface area contributed by atoms with Gasteiger partial charge in [0.05, 0.1) is 13.0 Å². The molecule has 0 bridgehead atoms. The Bertz CT molecular complexity index is 560. The Morgan fingerprint density at radius 3 is 2.74 bits per heavy atom. The second-order valence-electron chi connectivity index (χ2n) is 3.69. The maximum absolute atomic E-state index is 11.4. The zero-order valence-electron chi connectivity index (χ0n) is 10.3. The van der Waals surface area contributed by atoms with Crippen LogP contribution in [-0.2, 0) is 14.8 Å². The molecule has 6 nitrogen and oxygen atoms in total. The van der Waals surface area contributed by atoms with E-state index in [0.717, 1.165) is 0 Å². The molecular weight excluding hydrogens is 292 g/mol. The topological polar surface area (TPSA) is 98.5 Å². The van der Waals surface area contributed by atoms with Gasteiger partial charge in [0.2, 0.25) is 15.9 Å². The number of rotatable bonds is 6. The maximum Gasteiger partial charge on any atom is 0.241 e. The molecule has 106 valence electrons. The van der Waals surface area contributed by atoms with Gasteiger partial charge in [0, 0.05) is 11.6 Å². The van der Waals surface area contributed by atoms with Gasteiger partial charge in [-0.05, 0) is 25.1 Å². The van der Waals surface area contributed by atoms with Crippen molar-refractivity contribution in [1.82, 2.24) is 5.32 Å². The fourth-order valence-electron chi connectivity index (χ4n) is 1.36. The quantitative estimate of drug-likeness (QED) is 0.815. The lowest BCUT2D eigenvalue weighted by Gasteiger charge is -2.10. The monoisotopic (exact) mass is 306 g/mol. The number of amides is 1. The van der Waals surface area contributed by atoms with E-state index in [1.165, 1.54) is 18.2 Å². The van der Waals surface area contributed by atoms with Crippen LogP contribution in [0.2, 0.25) is 5.02 Å². The highest BCUT2D eigenvalue weighted by Gasteiger charge is 2.16. The molecule has 0 aliphatic heterocycles. The van der Waals surface area contributed by atoms with E-state index >= 15 is 0 Å². The van der Waals surface area contributed by atoms with Gasteiger partial charge in [0.25, 0.3) is 0 Å².